The Morgan fingerprint density at radius 1 is 1.26 bits per heavy atom. The third-order valence-electron chi connectivity index (χ3n) is 3.17. The fourth-order valence-corrected chi connectivity index (χ4v) is 2.77. The summed E-state index contributed by atoms with van der Waals surface area (Å²) < 4.78 is 23.5. The number of carbonyl (C=O) groups excluding carboxylic acids is 1. The Balaban J connectivity index is 2.66. The maximum Gasteiger partial charge on any atom is 0.178 e. The molecule has 0 saturated carbocycles. The Labute approximate surface area is 116 Å². The van der Waals surface area contributed by atoms with Crippen LogP contribution in [0, 0.1) is 5.92 Å². The SMILES string of the molecule is CCS(=O)(=O)c1cccc(CCCC(=O)C(C)C)c1. The Morgan fingerprint density at radius 2 is 1.95 bits per heavy atom. The molecule has 0 atom stereocenters. The average molecular weight is 282 g/mol. The van der Waals surface area contributed by atoms with Crippen molar-refractivity contribution in [2.24, 2.45) is 5.92 Å². The van der Waals surface area contributed by atoms with Gasteiger partial charge in [-0.1, -0.05) is 32.9 Å². The molecule has 0 spiro atoms. The quantitative estimate of drug-likeness (QED) is 0.772. The highest BCUT2D eigenvalue weighted by atomic mass is 32.2. The molecule has 0 bridgehead atoms. The summed E-state index contributed by atoms with van der Waals surface area (Å²) in [4.78, 5) is 11.9. The van der Waals surface area contributed by atoms with Crippen molar-refractivity contribution in [2.75, 3.05) is 5.75 Å². The molecular formula is C15H22O3S. The van der Waals surface area contributed by atoms with Gasteiger partial charge in [-0.25, -0.2) is 8.42 Å². The van der Waals surface area contributed by atoms with Crippen LogP contribution in [0.1, 0.15) is 39.2 Å². The van der Waals surface area contributed by atoms with Crippen LogP contribution in [0.5, 0.6) is 0 Å². The molecule has 3 nitrogen and oxygen atoms in total. The van der Waals surface area contributed by atoms with Gasteiger partial charge in [-0.05, 0) is 30.5 Å². The number of hydrogen-bond acceptors (Lipinski definition) is 3. The van der Waals surface area contributed by atoms with Crippen molar-refractivity contribution < 1.29 is 13.2 Å². The first-order valence-electron chi connectivity index (χ1n) is 6.71. The summed E-state index contributed by atoms with van der Waals surface area (Å²) in [5.74, 6) is 0.451. The highest BCUT2D eigenvalue weighted by molar-refractivity contribution is 7.91. The van der Waals surface area contributed by atoms with Gasteiger partial charge < -0.3 is 0 Å². The smallest absolute Gasteiger partial charge is 0.178 e. The zero-order valence-electron chi connectivity index (χ0n) is 11.8. The Bertz CT molecular complexity index is 530. The Kier molecular flexibility index (Phi) is 5.73. The van der Waals surface area contributed by atoms with Crippen molar-refractivity contribution in [1.29, 1.82) is 0 Å². The van der Waals surface area contributed by atoms with Gasteiger partial charge in [0.15, 0.2) is 9.84 Å². The van der Waals surface area contributed by atoms with Gasteiger partial charge in [0.2, 0.25) is 0 Å². The number of rotatable bonds is 7. The highest BCUT2D eigenvalue weighted by Crippen LogP contribution is 2.15. The van der Waals surface area contributed by atoms with Crippen molar-refractivity contribution in [3.8, 4) is 0 Å². The van der Waals surface area contributed by atoms with Gasteiger partial charge in [-0.15, -0.1) is 0 Å². The standard InChI is InChI=1S/C15H22O3S/c1-4-19(17,18)14-9-5-7-13(11-14)8-6-10-15(16)12(2)3/h5,7,9,11-12H,4,6,8,10H2,1-3H3. The number of carbonyl (C=O) groups is 1. The second kappa shape index (κ2) is 6.85. The predicted octanol–water partition coefficient (Wildman–Crippen LogP) is 3.03. The molecule has 0 aliphatic rings. The summed E-state index contributed by atoms with van der Waals surface area (Å²) >= 11 is 0. The third kappa shape index (κ3) is 4.78. The summed E-state index contributed by atoms with van der Waals surface area (Å²) in [6, 6.07) is 7.02. The number of benzene rings is 1. The first-order valence-corrected chi connectivity index (χ1v) is 8.36. The Morgan fingerprint density at radius 3 is 2.53 bits per heavy atom. The van der Waals surface area contributed by atoms with Crippen molar-refractivity contribution in [2.45, 2.75) is 44.9 Å². The molecule has 19 heavy (non-hydrogen) atoms. The van der Waals surface area contributed by atoms with E-state index < -0.39 is 9.84 Å². The molecule has 1 aromatic carbocycles. The number of sulfone groups is 1. The minimum atomic E-state index is -3.14. The van der Waals surface area contributed by atoms with Crippen LogP contribution in [0.15, 0.2) is 29.2 Å². The molecular weight excluding hydrogens is 260 g/mol. The second-order valence-corrected chi connectivity index (χ2v) is 7.30. The van der Waals surface area contributed by atoms with Gasteiger partial charge in [0, 0.05) is 12.3 Å². The molecule has 1 rings (SSSR count). The second-order valence-electron chi connectivity index (χ2n) is 5.03. The van der Waals surface area contributed by atoms with E-state index in [1.807, 2.05) is 19.9 Å². The molecule has 0 radical (unpaired) electrons. The molecule has 0 aliphatic heterocycles. The highest BCUT2D eigenvalue weighted by Gasteiger charge is 2.12. The first kappa shape index (κ1) is 15.9. The van der Waals surface area contributed by atoms with E-state index in [1.165, 1.54) is 0 Å². The van der Waals surface area contributed by atoms with Crippen molar-refractivity contribution >= 4 is 15.6 Å². The van der Waals surface area contributed by atoms with Gasteiger partial charge in [-0.3, -0.25) is 4.79 Å². The van der Waals surface area contributed by atoms with Crippen molar-refractivity contribution in [3.05, 3.63) is 29.8 Å². The number of hydrogen-bond donors (Lipinski definition) is 0. The van der Waals surface area contributed by atoms with Crippen LogP contribution in [-0.4, -0.2) is 20.0 Å². The van der Waals surface area contributed by atoms with Gasteiger partial charge in [0.05, 0.1) is 10.6 Å². The van der Waals surface area contributed by atoms with E-state index >= 15 is 0 Å². The van der Waals surface area contributed by atoms with Crippen LogP contribution in [-0.2, 0) is 21.1 Å². The predicted molar refractivity (Wildman–Crippen MR) is 77.0 cm³/mol. The van der Waals surface area contributed by atoms with Crippen LogP contribution >= 0.6 is 0 Å². The molecule has 0 fully saturated rings. The third-order valence-corrected chi connectivity index (χ3v) is 4.90. The number of ketones is 1. The number of Topliss-reactive ketones (excluding diaryl/α,β-unsaturated/α-hetero) is 1. The normalized spacial score (nSPS) is 11.8. The molecule has 0 aliphatic carbocycles. The molecule has 0 unspecified atom stereocenters. The van der Waals surface area contributed by atoms with E-state index in [2.05, 4.69) is 0 Å². The lowest BCUT2D eigenvalue weighted by molar-refractivity contribution is -0.121. The van der Waals surface area contributed by atoms with E-state index in [0.717, 1.165) is 18.4 Å². The van der Waals surface area contributed by atoms with E-state index in [0.29, 0.717) is 11.3 Å². The summed E-state index contributed by atoms with van der Waals surface area (Å²) in [6.45, 7) is 5.44. The minimum Gasteiger partial charge on any atom is -0.299 e. The van der Waals surface area contributed by atoms with Crippen LogP contribution < -0.4 is 0 Å². The fourth-order valence-electron chi connectivity index (χ4n) is 1.82. The molecule has 0 amide bonds. The summed E-state index contributed by atoms with van der Waals surface area (Å²) in [5.41, 5.74) is 0.978. The lowest BCUT2D eigenvalue weighted by atomic mass is 10.0. The van der Waals surface area contributed by atoms with E-state index in [1.54, 1.807) is 25.1 Å². The van der Waals surface area contributed by atoms with E-state index in [9.17, 15) is 13.2 Å². The van der Waals surface area contributed by atoms with Crippen molar-refractivity contribution in [3.63, 3.8) is 0 Å². The molecule has 0 N–H and O–H groups in total. The lowest BCUT2D eigenvalue weighted by Gasteiger charge is -2.06. The van der Waals surface area contributed by atoms with Crippen LogP contribution in [0.25, 0.3) is 0 Å². The minimum absolute atomic E-state index is 0.0757. The molecule has 0 heterocycles. The lowest BCUT2D eigenvalue weighted by Crippen LogP contribution is -2.07. The van der Waals surface area contributed by atoms with Gasteiger partial charge in [0.1, 0.15) is 5.78 Å². The molecule has 1 aromatic rings. The first-order chi connectivity index (χ1) is 8.86. The fraction of sp³-hybridized carbons (Fsp3) is 0.533. The van der Waals surface area contributed by atoms with Crippen LogP contribution in [0.2, 0.25) is 0 Å². The summed E-state index contributed by atoms with van der Waals surface area (Å²) in [5, 5.41) is 0. The van der Waals surface area contributed by atoms with Gasteiger partial charge in [-0.2, -0.15) is 0 Å². The number of aryl methyl sites for hydroxylation is 1. The molecule has 0 saturated heterocycles. The summed E-state index contributed by atoms with van der Waals surface area (Å²) in [7, 11) is -3.14. The zero-order valence-corrected chi connectivity index (χ0v) is 12.7. The maximum atomic E-state index is 11.8. The zero-order chi connectivity index (χ0) is 14.5. The van der Waals surface area contributed by atoms with Gasteiger partial charge in [0.25, 0.3) is 0 Å². The van der Waals surface area contributed by atoms with Crippen molar-refractivity contribution in [1.82, 2.24) is 0 Å². The molecule has 0 aromatic heterocycles. The maximum absolute atomic E-state index is 11.8. The monoisotopic (exact) mass is 282 g/mol. The van der Waals surface area contributed by atoms with E-state index in [-0.39, 0.29) is 17.5 Å². The Hall–Kier alpha value is -1.16. The van der Waals surface area contributed by atoms with E-state index in [4.69, 9.17) is 0 Å². The van der Waals surface area contributed by atoms with Crippen LogP contribution in [0.4, 0.5) is 0 Å². The average Bonchev–Trinajstić information content (AvgIpc) is 2.38. The van der Waals surface area contributed by atoms with Gasteiger partial charge >= 0.3 is 0 Å². The largest absolute Gasteiger partial charge is 0.299 e. The van der Waals surface area contributed by atoms with Crippen LogP contribution in [0.3, 0.4) is 0 Å². The molecule has 106 valence electrons. The topological polar surface area (TPSA) is 51.2 Å². The molecule has 4 heteroatoms. The summed E-state index contributed by atoms with van der Waals surface area (Å²) in [6.07, 6.45) is 2.07.